The molecule has 25 heavy (non-hydrogen) atoms. The van der Waals surface area contributed by atoms with Gasteiger partial charge in [-0.05, 0) is 68.2 Å². The molecular weight excluding hydrogens is 314 g/mol. The second kappa shape index (κ2) is 7.96. The van der Waals surface area contributed by atoms with E-state index >= 15 is 0 Å². The molecule has 0 atom stereocenters. The Bertz CT molecular complexity index is 535. The summed E-state index contributed by atoms with van der Waals surface area (Å²) in [6.45, 7) is 5.61. The van der Waals surface area contributed by atoms with Gasteiger partial charge >= 0.3 is 0 Å². The minimum absolute atomic E-state index is 0.394. The van der Waals surface area contributed by atoms with Gasteiger partial charge in [0.2, 0.25) is 0 Å². The third kappa shape index (κ3) is 4.48. The van der Waals surface area contributed by atoms with Crippen molar-refractivity contribution < 1.29 is 14.6 Å². The number of aliphatic hydroxyl groups is 1. The summed E-state index contributed by atoms with van der Waals surface area (Å²) in [7, 11) is 1.68. The van der Waals surface area contributed by atoms with Gasteiger partial charge in [-0.3, -0.25) is 0 Å². The number of ether oxygens (including phenoxy) is 2. The highest BCUT2D eigenvalue weighted by atomic mass is 16.5. The smallest absolute Gasteiger partial charge is 0.119 e. The number of benzene rings is 1. The van der Waals surface area contributed by atoms with Crippen molar-refractivity contribution in [2.75, 3.05) is 38.3 Å². The minimum atomic E-state index is -0.394. The Hall–Kier alpha value is -1.26. The van der Waals surface area contributed by atoms with Gasteiger partial charge in [-0.1, -0.05) is 13.3 Å². The molecule has 1 saturated heterocycles. The van der Waals surface area contributed by atoms with Crippen molar-refractivity contribution in [3.8, 4) is 5.75 Å². The molecule has 140 valence electrons. The Kier molecular flexibility index (Phi) is 5.90. The monoisotopic (exact) mass is 347 g/mol. The van der Waals surface area contributed by atoms with Gasteiger partial charge in [-0.25, -0.2) is 0 Å². The molecule has 0 bridgehead atoms. The van der Waals surface area contributed by atoms with E-state index in [2.05, 4.69) is 36.1 Å². The first-order chi connectivity index (χ1) is 12.1. The van der Waals surface area contributed by atoms with Crippen LogP contribution >= 0.6 is 0 Å². The third-order valence-corrected chi connectivity index (χ3v) is 6.15. The third-order valence-electron chi connectivity index (χ3n) is 6.15. The first-order valence-electron chi connectivity index (χ1n) is 9.77. The molecule has 1 spiro atoms. The standard InChI is InChI=1S/C21H33NO3/c1-3-8-21(23)11-9-20(10-12-21)13-14-22(17-20)18-4-6-19(7-5-18)25-16-15-24-2/h4-7,23H,3,8-17H2,1-2H3/t20-,21+. The maximum Gasteiger partial charge on any atom is 0.119 e. The van der Waals surface area contributed by atoms with Crippen LogP contribution < -0.4 is 9.64 Å². The fourth-order valence-corrected chi connectivity index (χ4v) is 4.52. The molecular formula is C21H33NO3. The van der Waals surface area contributed by atoms with E-state index in [9.17, 15) is 5.11 Å². The molecule has 2 fully saturated rings. The molecule has 1 heterocycles. The molecule has 0 radical (unpaired) electrons. The predicted octanol–water partition coefficient (Wildman–Crippen LogP) is 4.01. The van der Waals surface area contributed by atoms with Gasteiger partial charge in [0.1, 0.15) is 12.4 Å². The van der Waals surface area contributed by atoms with E-state index in [-0.39, 0.29) is 0 Å². The second-order valence-corrected chi connectivity index (χ2v) is 7.98. The summed E-state index contributed by atoms with van der Waals surface area (Å²) in [5.74, 6) is 0.900. The van der Waals surface area contributed by atoms with E-state index in [1.165, 1.54) is 12.1 Å². The number of hydrogen-bond donors (Lipinski definition) is 1. The number of rotatable bonds is 7. The summed E-state index contributed by atoms with van der Waals surface area (Å²) < 4.78 is 10.7. The van der Waals surface area contributed by atoms with Gasteiger partial charge in [-0.2, -0.15) is 0 Å². The van der Waals surface area contributed by atoms with E-state index in [1.54, 1.807) is 7.11 Å². The van der Waals surface area contributed by atoms with Crippen LogP contribution in [-0.4, -0.2) is 44.1 Å². The lowest BCUT2D eigenvalue weighted by Gasteiger charge is -2.42. The molecule has 1 saturated carbocycles. The zero-order chi connectivity index (χ0) is 17.8. The van der Waals surface area contributed by atoms with Crippen molar-refractivity contribution in [3.63, 3.8) is 0 Å². The molecule has 4 heteroatoms. The summed E-state index contributed by atoms with van der Waals surface area (Å²) >= 11 is 0. The number of hydrogen-bond acceptors (Lipinski definition) is 4. The molecule has 0 unspecified atom stereocenters. The molecule has 0 amide bonds. The van der Waals surface area contributed by atoms with Gasteiger partial charge in [0, 0.05) is 25.9 Å². The fourth-order valence-electron chi connectivity index (χ4n) is 4.52. The van der Waals surface area contributed by atoms with E-state index < -0.39 is 5.60 Å². The fraction of sp³-hybridized carbons (Fsp3) is 0.714. The van der Waals surface area contributed by atoms with Crippen molar-refractivity contribution in [1.82, 2.24) is 0 Å². The van der Waals surface area contributed by atoms with Gasteiger partial charge in [-0.15, -0.1) is 0 Å². The van der Waals surface area contributed by atoms with Crippen LogP contribution in [-0.2, 0) is 4.74 Å². The SMILES string of the molecule is CCC[C@]1(O)CC[C@]2(CCN(c3ccc(OCCOC)cc3)C2)CC1. The molecule has 2 aliphatic rings. The van der Waals surface area contributed by atoms with Gasteiger partial charge in [0.15, 0.2) is 0 Å². The van der Waals surface area contributed by atoms with Gasteiger partial charge in [0.05, 0.1) is 12.2 Å². The Labute approximate surface area is 152 Å². The molecule has 0 aromatic heterocycles. The normalized spacial score (nSPS) is 29.3. The Morgan fingerprint density at radius 1 is 1.04 bits per heavy atom. The summed E-state index contributed by atoms with van der Waals surface area (Å²) in [4.78, 5) is 2.50. The van der Waals surface area contributed by atoms with Crippen LogP contribution in [0.5, 0.6) is 5.75 Å². The average molecular weight is 347 g/mol. The van der Waals surface area contributed by atoms with Crippen LogP contribution in [0.25, 0.3) is 0 Å². The van der Waals surface area contributed by atoms with Crippen molar-refractivity contribution in [3.05, 3.63) is 24.3 Å². The average Bonchev–Trinajstić information content (AvgIpc) is 3.04. The molecule has 1 aliphatic heterocycles. The quantitative estimate of drug-likeness (QED) is 0.757. The predicted molar refractivity (Wildman–Crippen MR) is 101 cm³/mol. The maximum absolute atomic E-state index is 10.7. The summed E-state index contributed by atoms with van der Waals surface area (Å²) in [5, 5.41) is 10.7. The highest BCUT2D eigenvalue weighted by Gasteiger charge is 2.44. The van der Waals surface area contributed by atoms with Crippen molar-refractivity contribution in [2.24, 2.45) is 5.41 Å². The lowest BCUT2D eigenvalue weighted by Crippen LogP contribution is -2.40. The zero-order valence-electron chi connectivity index (χ0n) is 15.8. The summed E-state index contributed by atoms with van der Waals surface area (Å²) in [5.41, 5.74) is 1.30. The molecule has 4 nitrogen and oxygen atoms in total. The topological polar surface area (TPSA) is 41.9 Å². The first kappa shape index (κ1) is 18.5. The molecule has 3 rings (SSSR count). The number of nitrogens with zero attached hydrogens (tertiary/aromatic N) is 1. The Balaban J connectivity index is 1.54. The van der Waals surface area contributed by atoms with Crippen LogP contribution in [0.15, 0.2) is 24.3 Å². The highest BCUT2D eigenvalue weighted by molar-refractivity contribution is 5.50. The maximum atomic E-state index is 10.7. The van der Waals surface area contributed by atoms with E-state index in [4.69, 9.17) is 9.47 Å². The lowest BCUT2D eigenvalue weighted by atomic mass is 9.67. The van der Waals surface area contributed by atoms with Crippen molar-refractivity contribution in [2.45, 2.75) is 57.5 Å². The van der Waals surface area contributed by atoms with E-state index in [0.29, 0.717) is 18.6 Å². The number of anilines is 1. The largest absolute Gasteiger partial charge is 0.491 e. The molecule has 1 aromatic rings. The van der Waals surface area contributed by atoms with Crippen LogP contribution in [0, 0.1) is 5.41 Å². The van der Waals surface area contributed by atoms with Crippen LogP contribution in [0.3, 0.4) is 0 Å². The van der Waals surface area contributed by atoms with Crippen LogP contribution in [0.1, 0.15) is 51.9 Å². The number of methoxy groups -OCH3 is 1. The summed E-state index contributed by atoms with van der Waals surface area (Å²) in [6, 6.07) is 8.43. The summed E-state index contributed by atoms with van der Waals surface area (Å²) in [6.07, 6.45) is 7.56. The minimum Gasteiger partial charge on any atom is -0.491 e. The van der Waals surface area contributed by atoms with Gasteiger partial charge < -0.3 is 19.5 Å². The lowest BCUT2D eigenvalue weighted by molar-refractivity contribution is -0.0357. The van der Waals surface area contributed by atoms with Crippen molar-refractivity contribution >= 4 is 5.69 Å². The Morgan fingerprint density at radius 2 is 1.76 bits per heavy atom. The molecule has 1 aromatic carbocycles. The van der Waals surface area contributed by atoms with E-state index in [0.717, 1.165) is 57.4 Å². The Morgan fingerprint density at radius 3 is 2.40 bits per heavy atom. The molecule has 1 N–H and O–H groups in total. The van der Waals surface area contributed by atoms with Crippen molar-refractivity contribution in [1.29, 1.82) is 0 Å². The van der Waals surface area contributed by atoms with Crippen LogP contribution in [0.2, 0.25) is 0 Å². The van der Waals surface area contributed by atoms with Crippen LogP contribution in [0.4, 0.5) is 5.69 Å². The highest BCUT2D eigenvalue weighted by Crippen LogP contribution is 2.48. The molecule has 1 aliphatic carbocycles. The van der Waals surface area contributed by atoms with Gasteiger partial charge in [0.25, 0.3) is 0 Å². The van der Waals surface area contributed by atoms with E-state index in [1.807, 2.05) is 0 Å². The first-order valence-corrected chi connectivity index (χ1v) is 9.77. The second-order valence-electron chi connectivity index (χ2n) is 7.98. The zero-order valence-corrected chi connectivity index (χ0v) is 15.8.